The van der Waals surface area contributed by atoms with Gasteiger partial charge in [-0.25, -0.2) is 4.79 Å². The fourth-order valence-electron chi connectivity index (χ4n) is 3.14. The predicted octanol–water partition coefficient (Wildman–Crippen LogP) is 4.86. The Morgan fingerprint density at radius 1 is 1.24 bits per heavy atom. The van der Waals surface area contributed by atoms with Gasteiger partial charge in [0.25, 0.3) is 5.91 Å². The first-order valence-electron chi connectivity index (χ1n) is 10.4. The summed E-state index contributed by atoms with van der Waals surface area (Å²) >= 11 is 0. The van der Waals surface area contributed by atoms with Crippen molar-refractivity contribution in [1.82, 2.24) is 4.90 Å². The Kier molecular flexibility index (Phi) is 7.83. The highest BCUT2D eigenvalue weighted by molar-refractivity contribution is 6.74. The van der Waals surface area contributed by atoms with Crippen LogP contribution < -0.4 is 0 Å². The minimum atomic E-state index is -1.97. The molecule has 0 N–H and O–H groups in total. The Balaban J connectivity index is 2.29. The number of amides is 1. The number of benzene rings is 1. The van der Waals surface area contributed by atoms with E-state index in [-0.39, 0.29) is 17.0 Å². The molecule has 1 aliphatic rings. The lowest BCUT2D eigenvalue weighted by molar-refractivity contribution is -0.138. The van der Waals surface area contributed by atoms with Crippen molar-refractivity contribution in [2.45, 2.75) is 64.7 Å². The fraction of sp³-hybridized carbons (Fsp3) is 0.565. The molecule has 0 radical (unpaired) electrons. The van der Waals surface area contributed by atoms with E-state index in [2.05, 4.69) is 33.9 Å². The second-order valence-electron chi connectivity index (χ2n) is 9.02. The summed E-state index contributed by atoms with van der Waals surface area (Å²) in [6.07, 6.45) is 2.77. The van der Waals surface area contributed by atoms with E-state index in [1.807, 2.05) is 35.2 Å². The molecule has 1 aromatic rings. The van der Waals surface area contributed by atoms with Crippen LogP contribution in [0, 0.1) is 0 Å². The molecule has 5 nitrogen and oxygen atoms in total. The molecule has 1 amide bonds. The maximum Gasteiger partial charge on any atom is 0.331 e. The first-order valence-corrected chi connectivity index (χ1v) is 13.3. The minimum absolute atomic E-state index is 0.0924. The molecule has 1 unspecified atom stereocenters. The molecule has 6 heteroatoms. The number of esters is 1. The number of hydrogen-bond donors (Lipinski definition) is 0. The Morgan fingerprint density at radius 3 is 2.48 bits per heavy atom. The predicted molar refractivity (Wildman–Crippen MR) is 118 cm³/mol. The van der Waals surface area contributed by atoms with Crippen molar-refractivity contribution in [2.75, 3.05) is 19.8 Å². The topological polar surface area (TPSA) is 55.8 Å². The van der Waals surface area contributed by atoms with Crippen molar-refractivity contribution >= 4 is 20.2 Å². The van der Waals surface area contributed by atoms with E-state index in [1.165, 1.54) is 6.08 Å². The third kappa shape index (κ3) is 6.03. The number of rotatable bonds is 7. The van der Waals surface area contributed by atoms with Gasteiger partial charge in [0, 0.05) is 18.2 Å². The van der Waals surface area contributed by atoms with Crippen LogP contribution in [0.3, 0.4) is 0 Å². The van der Waals surface area contributed by atoms with Crippen molar-refractivity contribution in [3.8, 4) is 0 Å². The van der Waals surface area contributed by atoms with E-state index in [1.54, 1.807) is 6.92 Å². The molecular formula is C23H35NO4Si. The summed E-state index contributed by atoms with van der Waals surface area (Å²) in [6.45, 7) is 14.2. The highest BCUT2D eigenvalue weighted by atomic mass is 28.4. The van der Waals surface area contributed by atoms with Gasteiger partial charge in [-0.1, -0.05) is 51.1 Å². The van der Waals surface area contributed by atoms with Crippen molar-refractivity contribution < 1.29 is 18.8 Å². The molecular weight excluding hydrogens is 382 g/mol. The third-order valence-electron chi connectivity index (χ3n) is 5.93. The van der Waals surface area contributed by atoms with Crippen LogP contribution in [0.4, 0.5) is 0 Å². The number of likely N-dealkylation sites (tertiary alicyclic amines) is 1. The molecule has 1 heterocycles. The van der Waals surface area contributed by atoms with E-state index in [0.29, 0.717) is 31.8 Å². The zero-order valence-corrected chi connectivity index (χ0v) is 19.7. The van der Waals surface area contributed by atoms with Gasteiger partial charge in [-0.3, -0.25) is 4.79 Å². The summed E-state index contributed by atoms with van der Waals surface area (Å²) in [5, 5.41) is 0.0924. The van der Waals surface area contributed by atoms with Crippen LogP contribution in [-0.2, 0) is 18.8 Å². The highest BCUT2D eigenvalue weighted by Crippen LogP contribution is 2.38. The number of hydrogen-bond acceptors (Lipinski definition) is 4. The summed E-state index contributed by atoms with van der Waals surface area (Å²) < 4.78 is 11.5. The van der Waals surface area contributed by atoms with E-state index in [9.17, 15) is 9.59 Å². The molecule has 160 valence electrons. The number of nitrogens with zero attached hydrogens (tertiary/aromatic N) is 1. The fourth-order valence-corrected chi connectivity index (χ4v) is 4.14. The zero-order valence-electron chi connectivity index (χ0n) is 18.7. The van der Waals surface area contributed by atoms with Crippen LogP contribution in [0.1, 0.15) is 52.1 Å². The lowest BCUT2D eigenvalue weighted by atomic mass is 9.98. The summed E-state index contributed by atoms with van der Waals surface area (Å²) in [4.78, 5) is 26.9. The maximum absolute atomic E-state index is 13.2. The van der Waals surface area contributed by atoms with Gasteiger partial charge >= 0.3 is 5.97 Å². The van der Waals surface area contributed by atoms with Gasteiger partial charge in [0.05, 0.1) is 19.3 Å². The van der Waals surface area contributed by atoms with Crippen molar-refractivity contribution in [3.05, 3.63) is 47.5 Å². The molecule has 0 bridgehead atoms. The summed E-state index contributed by atoms with van der Waals surface area (Å²) in [7, 11) is -1.97. The quantitative estimate of drug-likeness (QED) is 0.361. The Labute approximate surface area is 176 Å². The monoisotopic (exact) mass is 417 g/mol. The number of ether oxygens (including phenoxy) is 1. The molecule has 2 rings (SSSR count). The molecule has 29 heavy (non-hydrogen) atoms. The average molecular weight is 418 g/mol. The Hall–Kier alpha value is -1.92. The molecule has 0 saturated carbocycles. The molecule has 1 saturated heterocycles. The number of carbonyl (C=O) groups excluding carboxylic acids is 2. The van der Waals surface area contributed by atoms with Gasteiger partial charge in [-0.15, -0.1) is 0 Å². The van der Waals surface area contributed by atoms with Crippen LogP contribution in [0.2, 0.25) is 18.1 Å². The van der Waals surface area contributed by atoms with E-state index >= 15 is 0 Å². The first kappa shape index (κ1) is 23.4. The Bertz CT molecular complexity index is 737. The summed E-state index contributed by atoms with van der Waals surface area (Å²) in [5.74, 6) is -0.552. The van der Waals surface area contributed by atoms with Crippen LogP contribution >= 0.6 is 0 Å². The van der Waals surface area contributed by atoms with Gasteiger partial charge in [0.2, 0.25) is 0 Å². The van der Waals surface area contributed by atoms with Gasteiger partial charge in [0.15, 0.2) is 8.32 Å². The smallest absolute Gasteiger partial charge is 0.331 e. The molecule has 1 fully saturated rings. The Morgan fingerprint density at radius 2 is 1.90 bits per heavy atom. The molecule has 1 aliphatic heterocycles. The van der Waals surface area contributed by atoms with E-state index in [4.69, 9.17) is 9.16 Å². The first-order chi connectivity index (χ1) is 13.6. The average Bonchev–Trinajstić information content (AvgIpc) is 2.65. The summed E-state index contributed by atoms with van der Waals surface area (Å²) in [5.41, 5.74) is 1.57. The minimum Gasteiger partial charge on any atom is -0.463 e. The standard InChI is InChI=1S/C23H35NO4Si/c1-7-27-21(25)16-19-14-11-15-24(22(19)26)20(18-12-9-8-10-13-18)17-28-29(5,6)23(2,3)4/h8-10,12-13,16,20H,7,11,14-15,17H2,1-6H3/b19-16+. The van der Waals surface area contributed by atoms with Gasteiger partial charge in [-0.05, 0) is 43.5 Å². The van der Waals surface area contributed by atoms with Crippen molar-refractivity contribution in [1.29, 1.82) is 0 Å². The van der Waals surface area contributed by atoms with E-state index < -0.39 is 14.3 Å². The third-order valence-corrected chi connectivity index (χ3v) is 10.4. The summed E-state index contributed by atoms with van der Waals surface area (Å²) in [6, 6.07) is 9.84. The normalized spacial score (nSPS) is 18.1. The number of piperidine rings is 1. The zero-order chi connectivity index (χ0) is 21.7. The second kappa shape index (κ2) is 9.72. The van der Waals surface area contributed by atoms with Gasteiger partial charge in [0.1, 0.15) is 0 Å². The molecule has 0 aromatic heterocycles. The lowest BCUT2D eigenvalue weighted by Crippen LogP contribution is -2.46. The molecule has 1 atom stereocenters. The SMILES string of the molecule is CCOC(=O)/C=C1\CCCN(C(CO[Si](C)(C)C(C)(C)C)c2ccccc2)C1=O. The molecule has 0 spiro atoms. The number of carbonyl (C=O) groups is 2. The van der Waals surface area contributed by atoms with Crippen LogP contribution in [-0.4, -0.2) is 44.9 Å². The van der Waals surface area contributed by atoms with Gasteiger partial charge < -0.3 is 14.1 Å². The maximum atomic E-state index is 13.2. The molecule has 0 aliphatic carbocycles. The molecule has 1 aromatic carbocycles. The van der Waals surface area contributed by atoms with Gasteiger partial charge in [-0.2, -0.15) is 0 Å². The van der Waals surface area contributed by atoms with Crippen LogP contribution in [0.15, 0.2) is 42.0 Å². The largest absolute Gasteiger partial charge is 0.463 e. The van der Waals surface area contributed by atoms with Crippen molar-refractivity contribution in [3.63, 3.8) is 0 Å². The van der Waals surface area contributed by atoms with Crippen molar-refractivity contribution in [2.24, 2.45) is 0 Å². The second-order valence-corrected chi connectivity index (χ2v) is 13.8. The van der Waals surface area contributed by atoms with E-state index in [0.717, 1.165) is 12.0 Å². The van der Waals surface area contributed by atoms with Crippen LogP contribution in [0.5, 0.6) is 0 Å². The van der Waals surface area contributed by atoms with Crippen LogP contribution in [0.25, 0.3) is 0 Å². The lowest BCUT2D eigenvalue weighted by Gasteiger charge is -2.40. The highest BCUT2D eigenvalue weighted by Gasteiger charge is 2.39.